The largest absolute Gasteiger partial charge is 0.381 e. The van der Waals surface area contributed by atoms with Crippen molar-refractivity contribution in [2.75, 3.05) is 5.32 Å². The van der Waals surface area contributed by atoms with E-state index in [1.54, 1.807) is 12.1 Å². The maximum absolute atomic E-state index is 13.4. The van der Waals surface area contributed by atoms with Crippen molar-refractivity contribution in [1.82, 2.24) is 0 Å². The van der Waals surface area contributed by atoms with Crippen molar-refractivity contribution in [1.29, 1.82) is 5.26 Å². The number of halogens is 1. The molecule has 2 aromatic rings. The van der Waals surface area contributed by atoms with E-state index in [9.17, 15) is 4.39 Å². The lowest BCUT2D eigenvalue weighted by molar-refractivity contribution is 0.624. The molecule has 0 aliphatic heterocycles. The van der Waals surface area contributed by atoms with E-state index in [2.05, 4.69) is 11.4 Å². The fourth-order valence-electron chi connectivity index (χ4n) is 1.74. The molecule has 2 nitrogen and oxygen atoms in total. The molecule has 0 saturated heterocycles. The topological polar surface area (TPSA) is 35.8 Å². The van der Waals surface area contributed by atoms with Gasteiger partial charge in [0.1, 0.15) is 11.9 Å². The Kier molecular flexibility index (Phi) is 3.59. The Bertz CT molecular complexity index is 600. The van der Waals surface area contributed by atoms with E-state index in [-0.39, 0.29) is 5.56 Å². The normalized spacial score (nSPS) is 9.83. The van der Waals surface area contributed by atoms with Gasteiger partial charge < -0.3 is 5.32 Å². The molecule has 0 heterocycles. The Morgan fingerprint density at radius 2 is 2.06 bits per heavy atom. The number of hydrogen-bond acceptors (Lipinski definition) is 2. The second-order valence-electron chi connectivity index (χ2n) is 4.15. The Labute approximate surface area is 106 Å². The molecule has 18 heavy (non-hydrogen) atoms. The number of nitrogens with one attached hydrogen (secondary N) is 1. The maximum Gasteiger partial charge on any atom is 0.143 e. The Morgan fingerprint density at radius 1 is 1.22 bits per heavy atom. The second-order valence-corrected chi connectivity index (χ2v) is 4.15. The van der Waals surface area contributed by atoms with Crippen LogP contribution in [0.25, 0.3) is 0 Å². The van der Waals surface area contributed by atoms with Gasteiger partial charge in [0.2, 0.25) is 0 Å². The van der Waals surface area contributed by atoms with Crippen molar-refractivity contribution in [3.05, 3.63) is 65.0 Å². The lowest BCUT2D eigenvalue weighted by Gasteiger charge is -2.07. The molecule has 0 fully saturated rings. The van der Waals surface area contributed by atoms with Gasteiger partial charge in [-0.15, -0.1) is 0 Å². The fraction of sp³-hybridized carbons (Fsp3) is 0.133. The Hall–Kier alpha value is -2.34. The van der Waals surface area contributed by atoms with Crippen LogP contribution in [-0.2, 0) is 6.54 Å². The highest BCUT2D eigenvalue weighted by atomic mass is 19.1. The van der Waals surface area contributed by atoms with E-state index in [1.807, 2.05) is 25.1 Å². The molecule has 0 atom stereocenters. The molecule has 0 aliphatic rings. The highest BCUT2D eigenvalue weighted by Gasteiger charge is 2.02. The van der Waals surface area contributed by atoms with Crippen molar-refractivity contribution >= 4 is 5.69 Å². The first-order valence-corrected chi connectivity index (χ1v) is 5.68. The van der Waals surface area contributed by atoms with E-state index in [4.69, 9.17) is 5.26 Å². The van der Waals surface area contributed by atoms with E-state index in [1.165, 1.54) is 17.7 Å². The van der Waals surface area contributed by atoms with Crippen LogP contribution in [0.15, 0.2) is 42.5 Å². The van der Waals surface area contributed by atoms with Gasteiger partial charge in [-0.05, 0) is 30.7 Å². The van der Waals surface area contributed by atoms with Crippen LogP contribution < -0.4 is 5.32 Å². The minimum Gasteiger partial charge on any atom is -0.381 e. The Balaban J connectivity index is 2.07. The molecule has 0 unspecified atom stereocenters. The van der Waals surface area contributed by atoms with E-state index < -0.39 is 5.82 Å². The first-order valence-electron chi connectivity index (χ1n) is 5.68. The number of nitriles is 1. The van der Waals surface area contributed by atoms with E-state index in [0.29, 0.717) is 12.2 Å². The standard InChI is InChI=1S/C15H13FN2/c1-11-3-2-4-12(7-11)10-18-14-6-5-13(9-17)15(16)8-14/h2-8,18H,10H2,1H3. The van der Waals surface area contributed by atoms with Crippen LogP contribution in [0.4, 0.5) is 10.1 Å². The molecular weight excluding hydrogens is 227 g/mol. The third-order valence-electron chi connectivity index (χ3n) is 2.67. The molecule has 2 rings (SSSR count). The van der Waals surface area contributed by atoms with E-state index >= 15 is 0 Å². The van der Waals surface area contributed by atoms with Crippen molar-refractivity contribution in [3.63, 3.8) is 0 Å². The molecule has 0 bridgehead atoms. The monoisotopic (exact) mass is 240 g/mol. The molecule has 1 N–H and O–H groups in total. The summed E-state index contributed by atoms with van der Waals surface area (Å²) in [7, 11) is 0. The summed E-state index contributed by atoms with van der Waals surface area (Å²) >= 11 is 0. The highest BCUT2D eigenvalue weighted by Crippen LogP contribution is 2.15. The zero-order valence-corrected chi connectivity index (χ0v) is 10.1. The quantitative estimate of drug-likeness (QED) is 0.889. The summed E-state index contributed by atoms with van der Waals surface area (Å²) in [4.78, 5) is 0. The van der Waals surface area contributed by atoms with Crippen LogP contribution in [-0.4, -0.2) is 0 Å². The molecule has 0 spiro atoms. The van der Waals surface area contributed by atoms with E-state index in [0.717, 1.165) is 5.56 Å². The predicted octanol–water partition coefficient (Wildman–Crippen LogP) is 3.62. The summed E-state index contributed by atoms with van der Waals surface area (Å²) in [5, 5.41) is 11.8. The molecule has 0 aromatic heterocycles. The van der Waals surface area contributed by atoms with Crippen LogP contribution in [0.1, 0.15) is 16.7 Å². The first-order chi connectivity index (χ1) is 8.69. The molecule has 0 radical (unpaired) electrons. The molecule has 0 amide bonds. The van der Waals surface area contributed by atoms with Crippen LogP contribution in [0, 0.1) is 24.1 Å². The number of benzene rings is 2. The summed E-state index contributed by atoms with van der Waals surface area (Å²) in [5.41, 5.74) is 3.07. The van der Waals surface area contributed by atoms with Gasteiger partial charge in [0.15, 0.2) is 0 Å². The zero-order chi connectivity index (χ0) is 13.0. The van der Waals surface area contributed by atoms with Crippen molar-refractivity contribution in [2.45, 2.75) is 13.5 Å². The van der Waals surface area contributed by atoms with Gasteiger partial charge in [-0.1, -0.05) is 29.8 Å². The van der Waals surface area contributed by atoms with Gasteiger partial charge in [-0.2, -0.15) is 5.26 Å². The number of nitrogens with zero attached hydrogens (tertiary/aromatic N) is 1. The zero-order valence-electron chi connectivity index (χ0n) is 10.1. The third kappa shape index (κ3) is 2.86. The minimum atomic E-state index is -0.494. The number of aryl methyl sites for hydroxylation is 1. The number of hydrogen-bond donors (Lipinski definition) is 1. The minimum absolute atomic E-state index is 0.0658. The lowest BCUT2D eigenvalue weighted by atomic mass is 10.1. The fourth-order valence-corrected chi connectivity index (χ4v) is 1.74. The third-order valence-corrected chi connectivity index (χ3v) is 2.67. The second kappa shape index (κ2) is 5.33. The average Bonchev–Trinajstić information content (AvgIpc) is 2.37. The van der Waals surface area contributed by atoms with Gasteiger partial charge in [0.05, 0.1) is 5.56 Å². The van der Waals surface area contributed by atoms with Crippen molar-refractivity contribution < 1.29 is 4.39 Å². The molecule has 2 aromatic carbocycles. The van der Waals surface area contributed by atoms with Gasteiger partial charge in [0.25, 0.3) is 0 Å². The smallest absolute Gasteiger partial charge is 0.143 e. The highest BCUT2D eigenvalue weighted by molar-refractivity contribution is 5.48. The molecule has 0 aliphatic carbocycles. The van der Waals surface area contributed by atoms with Gasteiger partial charge in [-0.3, -0.25) is 0 Å². The van der Waals surface area contributed by atoms with Crippen LogP contribution in [0.5, 0.6) is 0 Å². The van der Waals surface area contributed by atoms with Crippen LogP contribution in [0.3, 0.4) is 0 Å². The maximum atomic E-state index is 13.4. The predicted molar refractivity (Wildman–Crippen MR) is 69.6 cm³/mol. The lowest BCUT2D eigenvalue weighted by Crippen LogP contribution is -2.00. The van der Waals surface area contributed by atoms with Crippen molar-refractivity contribution in [3.8, 4) is 6.07 Å². The molecule has 90 valence electrons. The van der Waals surface area contributed by atoms with Gasteiger partial charge in [-0.25, -0.2) is 4.39 Å². The number of anilines is 1. The molecular formula is C15H13FN2. The average molecular weight is 240 g/mol. The summed E-state index contributed by atoms with van der Waals surface area (Å²) in [6.07, 6.45) is 0. The number of rotatable bonds is 3. The van der Waals surface area contributed by atoms with Crippen LogP contribution >= 0.6 is 0 Å². The van der Waals surface area contributed by atoms with Gasteiger partial charge >= 0.3 is 0 Å². The SMILES string of the molecule is Cc1cccc(CNc2ccc(C#N)c(F)c2)c1. The van der Waals surface area contributed by atoms with Crippen LogP contribution in [0.2, 0.25) is 0 Å². The summed E-state index contributed by atoms with van der Waals surface area (Å²) in [6, 6.07) is 14.4. The summed E-state index contributed by atoms with van der Waals surface area (Å²) in [5.74, 6) is -0.494. The van der Waals surface area contributed by atoms with Crippen molar-refractivity contribution in [2.24, 2.45) is 0 Å². The summed E-state index contributed by atoms with van der Waals surface area (Å²) in [6.45, 7) is 2.66. The molecule has 0 saturated carbocycles. The first kappa shape index (κ1) is 12.1. The molecule has 3 heteroatoms. The Morgan fingerprint density at radius 3 is 2.72 bits per heavy atom. The van der Waals surface area contributed by atoms with Gasteiger partial charge in [0, 0.05) is 12.2 Å². The summed E-state index contributed by atoms with van der Waals surface area (Å²) < 4.78 is 13.4.